The second-order valence-electron chi connectivity index (χ2n) is 6.04. The Bertz CT molecular complexity index is 1120. The lowest BCUT2D eigenvalue weighted by molar-refractivity contribution is 1.23. The van der Waals surface area contributed by atoms with Crippen LogP contribution in [0.1, 0.15) is 11.1 Å². The van der Waals surface area contributed by atoms with E-state index in [4.69, 9.17) is 20.5 Å². The van der Waals surface area contributed by atoms with E-state index in [0.717, 1.165) is 44.3 Å². The van der Waals surface area contributed by atoms with Crippen LogP contribution in [0.15, 0.2) is 60.7 Å². The summed E-state index contributed by atoms with van der Waals surface area (Å²) in [6.45, 7) is 0. The molecule has 0 aliphatic heterocycles. The van der Waals surface area contributed by atoms with E-state index in [-0.39, 0.29) is 0 Å². The first kappa shape index (κ1) is 15.7. The molecular formula is C22H14N4. The van der Waals surface area contributed by atoms with Crippen LogP contribution < -0.4 is 0 Å². The predicted octanol–water partition coefficient (Wildman–Crippen LogP) is 4.58. The van der Waals surface area contributed by atoms with E-state index < -0.39 is 0 Å². The highest BCUT2D eigenvalue weighted by Crippen LogP contribution is 2.25. The van der Waals surface area contributed by atoms with Gasteiger partial charge in [0.15, 0.2) is 0 Å². The van der Waals surface area contributed by atoms with Crippen LogP contribution in [0.5, 0.6) is 0 Å². The SMILES string of the molecule is N#CCc1cccc2ccc(-c3ccc4cccc(CC#N)c4n3)nc12. The zero-order chi connectivity index (χ0) is 17.9. The first-order chi connectivity index (χ1) is 12.8. The molecule has 0 unspecified atom stereocenters. The molecule has 0 aliphatic carbocycles. The zero-order valence-electron chi connectivity index (χ0n) is 14.0. The van der Waals surface area contributed by atoms with Crippen molar-refractivity contribution >= 4 is 21.8 Å². The Balaban J connectivity index is 1.90. The van der Waals surface area contributed by atoms with E-state index in [1.165, 1.54) is 0 Å². The van der Waals surface area contributed by atoms with Gasteiger partial charge in [-0.05, 0) is 23.3 Å². The van der Waals surface area contributed by atoms with Gasteiger partial charge in [0.2, 0.25) is 0 Å². The molecule has 0 N–H and O–H groups in total. The van der Waals surface area contributed by atoms with Crippen molar-refractivity contribution in [1.82, 2.24) is 9.97 Å². The molecule has 0 saturated carbocycles. The Morgan fingerprint density at radius 3 is 1.50 bits per heavy atom. The molecule has 2 aromatic heterocycles. The zero-order valence-corrected chi connectivity index (χ0v) is 14.0. The first-order valence-electron chi connectivity index (χ1n) is 8.32. The van der Waals surface area contributed by atoms with Gasteiger partial charge < -0.3 is 0 Å². The number of fused-ring (bicyclic) bond motifs is 2. The predicted molar refractivity (Wildman–Crippen MR) is 101 cm³/mol. The Hall–Kier alpha value is -3.76. The number of pyridine rings is 2. The summed E-state index contributed by atoms with van der Waals surface area (Å²) in [5.74, 6) is 0. The summed E-state index contributed by atoms with van der Waals surface area (Å²) >= 11 is 0. The van der Waals surface area contributed by atoms with Crippen molar-refractivity contribution in [2.75, 3.05) is 0 Å². The summed E-state index contributed by atoms with van der Waals surface area (Å²) in [7, 11) is 0. The minimum atomic E-state index is 0.325. The number of hydrogen-bond acceptors (Lipinski definition) is 4. The molecule has 0 atom stereocenters. The van der Waals surface area contributed by atoms with Gasteiger partial charge in [-0.15, -0.1) is 0 Å². The third kappa shape index (κ3) is 2.75. The number of benzene rings is 2. The van der Waals surface area contributed by atoms with E-state index in [0.29, 0.717) is 12.8 Å². The molecule has 122 valence electrons. The standard InChI is InChI=1S/C22H14N4/c23-13-11-17-5-1-3-15-7-9-19(25-21(15)17)20-10-8-16-4-2-6-18(12-14-24)22(16)26-20/h1-10H,11-12H2. The van der Waals surface area contributed by atoms with Gasteiger partial charge in [-0.2, -0.15) is 10.5 Å². The fraction of sp³-hybridized carbons (Fsp3) is 0.0909. The monoisotopic (exact) mass is 334 g/mol. The van der Waals surface area contributed by atoms with Gasteiger partial charge in [0, 0.05) is 10.8 Å². The average molecular weight is 334 g/mol. The van der Waals surface area contributed by atoms with Gasteiger partial charge >= 0.3 is 0 Å². The lowest BCUT2D eigenvalue weighted by atomic mass is 10.0. The molecule has 0 bridgehead atoms. The van der Waals surface area contributed by atoms with Crippen molar-refractivity contribution in [3.8, 4) is 23.5 Å². The molecule has 0 saturated heterocycles. The summed E-state index contributed by atoms with van der Waals surface area (Å²) in [5.41, 5.74) is 5.02. The number of aromatic nitrogens is 2. The number of nitriles is 2. The molecule has 0 amide bonds. The highest BCUT2D eigenvalue weighted by molar-refractivity contribution is 5.87. The molecule has 26 heavy (non-hydrogen) atoms. The molecule has 0 fully saturated rings. The van der Waals surface area contributed by atoms with E-state index >= 15 is 0 Å². The summed E-state index contributed by atoms with van der Waals surface area (Å²) in [4.78, 5) is 9.54. The maximum absolute atomic E-state index is 9.05. The number of rotatable bonds is 3. The van der Waals surface area contributed by atoms with Gasteiger partial charge in [-0.25, -0.2) is 9.97 Å². The molecule has 4 aromatic rings. The lowest BCUT2D eigenvalue weighted by Crippen LogP contribution is -1.94. The summed E-state index contributed by atoms with van der Waals surface area (Å²) < 4.78 is 0. The smallest absolute Gasteiger partial charge is 0.0894 e. The maximum Gasteiger partial charge on any atom is 0.0894 e. The third-order valence-electron chi connectivity index (χ3n) is 4.41. The Morgan fingerprint density at radius 2 is 1.08 bits per heavy atom. The fourth-order valence-electron chi connectivity index (χ4n) is 3.16. The highest BCUT2D eigenvalue weighted by Gasteiger charge is 2.09. The highest BCUT2D eigenvalue weighted by atomic mass is 14.8. The Labute approximate surface area is 151 Å². The largest absolute Gasteiger partial charge is 0.246 e. The van der Waals surface area contributed by atoms with E-state index in [2.05, 4.69) is 12.1 Å². The van der Waals surface area contributed by atoms with Crippen molar-refractivity contribution < 1.29 is 0 Å². The topological polar surface area (TPSA) is 73.4 Å². The molecule has 4 heteroatoms. The first-order valence-corrected chi connectivity index (χ1v) is 8.32. The van der Waals surface area contributed by atoms with E-state index in [1.54, 1.807) is 0 Å². The number of hydrogen-bond donors (Lipinski definition) is 0. The summed E-state index contributed by atoms with van der Waals surface area (Å²) in [6.07, 6.45) is 0.649. The van der Waals surface area contributed by atoms with Gasteiger partial charge in [0.05, 0.1) is 47.4 Å². The average Bonchev–Trinajstić information content (AvgIpc) is 2.68. The van der Waals surface area contributed by atoms with Gasteiger partial charge in [-0.1, -0.05) is 48.5 Å². The molecule has 0 spiro atoms. The van der Waals surface area contributed by atoms with Crippen LogP contribution in [0.3, 0.4) is 0 Å². The number of nitrogens with zero attached hydrogens (tertiary/aromatic N) is 4. The van der Waals surface area contributed by atoms with Crippen LogP contribution in [0.4, 0.5) is 0 Å². The third-order valence-corrected chi connectivity index (χ3v) is 4.41. The molecule has 0 aliphatic rings. The fourth-order valence-corrected chi connectivity index (χ4v) is 3.16. The van der Waals surface area contributed by atoms with Gasteiger partial charge in [-0.3, -0.25) is 0 Å². The van der Waals surface area contributed by atoms with Crippen molar-refractivity contribution in [2.45, 2.75) is 12.8 Å². The minimum Gasteiger partial charge on any atom is -0.246 e. The van der Waals surface area contributed by atoms with E-state index in [9.17, 15) is 0 Å². The molecule has 4 rings (SSSR count). The van der Waals surface area contributed by atoms with Gasteiger partial charge in [0.1, 0.15) is 0 Å². The molecule has 2 heterocycles. The summed E-state index contributed by atoms with van der Waals surface area (Å²) in [5, 5.41) is 20.1. The normalized spacial score (nSPS) is 10.5. The van der Waals surface area contributed by atoms with E-state index in [1.807, 2.05) is 60.7 Å². The van der Waals surface area contributed by atoms with Crippen LogP contribution in [0, 0.1) is 22.7 Å². The quantitative estimate of drug-likeness (QED) is 0.549. The summed E-state index contributed by atoms with van der Waals surface area (Å²) in [6, 6.07) is 24.0. The van der Waals surface area contributed by atoms with Crippen LogP contribution in [0.25, 0.3) is 33.2 Å². The van der Waals surface area contributed by atoms with Gasteiger partial charge in [0.25, 0.3) is 0 Å². The molecule has 4 nitrogen and oxygen atoms in total. The lowest BCUT2D eigenvalue weighted by Gasteiger charge is -2.08. The Kier molecular flexibility index (Phi) is 4.01. The van der Waals surface area contributed by atoms with Crippen LogP contribution >= 0.6 is 0 Å². The Morgan fingerprint density at radius 1 is 0.615 bits per heavy atom. The second-order valence-corrected chi connectivity index (χ2v) is 6.04. The molecule has 2 aromatic carbocycles. The maximum atomic E-state index is 9.05. The van der Waals surface area contributed by atoms with Crippen molar-refractivity contribution in [2.24, 2.45) is 0 Å². The minimum absolute atomic E-state index is 0.325. The molecule has 0 radical (unpaired) electrons. The van der Waals surface area contributed by atoms with Crippen molar-refractivity contribution in [1.29, 1.82) is 10.5 Å². The van der Waals surface area contributed by atoms with Crippen molar-refractivity contribution in [3.63, 3.8) is 0 Å². The van der Waals surface area contributed by atoms with Crippen LogP contribution in [-0.4, -0.2) is 9.97 Å². The number of para-hydroxylation sites is 2. The molecular weight excluding hydrogens is 320 g/mol. The second kappa shape index (κ2) is 6.63. The van der Waals surface area contributed by atoms with Crippen LogP contribution in [-0.2, 0) is 12.8 Å². The van der Waals surface area contributed by atoms with Crippen molar-refractivity contribution in [3.05, 3.63) is 71.8 Å². The van der Waals surface area contributed by atoms with Crippen LogP contribution in [0.2, 0.25) is 0 Å².